The first-order chi connectivity index (χ1) is 22.8. The Morgan fingerprint density at radius 2 is 1.65 bits per heavy atom. The minimum atomic E-state index is -0.361. The summed E-state index contributed by atoms with van der Waals surface area (Å²) in [5.74, 6) is 0.307. The van der Waals surface area contributed by atoms with Crippen LogP contribution in [0, 0.1) is 6.92 Å². The molecule has 0 saturated heterocycles. The van der Waals surface area contributed by atoms with Crippen molar-refractivity contribution in [3.63, 3.8) is 0 Å². The first kappa shape index (κ1) is 36.7. The number of anilines is 1. The Labute approximate surface area is 287 Å². The molecule has 0 aromatic heterocycles. The first-order valence-electron chi connectivity index (χ1n) is 17.4. The predicted molar refractivity (Wildman–Crippen MR) is 199 cm³/mol. The number of amides is 1. The Morgan fingerprint density at radius 3 is 2.31 bits per heavy atom. The van der Waals surface area contributed by atoms with E-state index in [1.54, 1.807) is 12.1 Å². The largest absolute Gasteiger partial charge is 0.493 e. The van der Waals surface area contributed by atoms with Crippen molar-refractivity contribution in [1.29, 1.82) is 0 Å². The number of nitrogens with zero attached hydrogens (tertiary/aromatic N) is 1. The number of aliphatic hydroxyl groups is 1. The third-order valence-corrected chi connectivity index (χ3v) is 10.1. The summed E-state index contributed by atoms with van der Waals surface area (Å²) in [6.07, 6.45) is 7.33. The number of Topliss-reactive ketones (excluding diaryl/α,β-unsaturated/α-hetero) is 1. The number of hydrogen-bond acceptors (Lipinski definition) is 5. The van der Waals surface area contributed by atoms with Crippen molar-refractivity contribution in [3.05, 3.63) is 106 Å². The zero-order chi connectivity index (χ0) is 35.1. The van der Waals surface area contributed by atoms with E-state index in [1.807, 2.05) is 55.3 Å². The van der Waals surface area contributed by atoms with E-state index in [1.165, 1.54) is 11.1 Å². The number of rotatable bonds is 15. The third kappa shape index (κ3) is 8.46. The van der Waals surface area contributed by atoms with E-state index < -0.39 is 0 Å². The molecular weight excluding hydrogens is 596 g/mol. The molecule has 256 valence electrons. The normalized spacial score (nSPS) is 14.1. The van der Waals surface area contributed by atoms with E-state index in [0.717, 1.165) is 59.4 Å². The van der Waals surface area contributed by atoms with Crippen molar-refractivity contribution < 1.29 is 19.4 Å². The molecule has 1 aliphatic carbocycles. The van der Waals surface area contributed by atoms with Crippen molar-refractivity contribution in [3.8, 4) is 5.75 Å². The lowest BCUT2D eigenvalue weighted by Gasteiger charge is -2.30. The molecule has 0 fully saturated rings. The van der Waals surface area contributed by atoms with Gasteiger partial charge in [-0.05, 0) is 102 Å². The maximum absolute atomic E-state index is 13.4. The van der Waals surface area contributed by atoms with Crippen LogP contribution in [0.4, 0.5) is 5.69 Å². The second-order valence-corrected chi connectivity index (χ2v) is 14.2. The van der Waals surface area contributed by atoms with E-state index in [9.17, 15) is 14.7 Å². The first-order valence-corrected chi connectivity index (χ1v) is 17.4. The lowest BCUT2D eigenvalue weighted by Crippen LogP contribution is -2.31. The van der Waals surface area contributed by atoms with E-state index >= 15 is 0 Å². The Balaban J connectivity index is 1.42. The smallest absolute Gasteiger partial charge is 0.255 e. The van der Waals surface area contributed by atoms with Gasteiger partial charge in [0.25, 0.3) is 5.91 Å². The topological polar surface area (TPSA) is 78.9 Å². The minimum Gasteiger partial charge on any atom is -0.493 e. The molecule has 0 spiro atoms. The van der Waals surface area contributed by atoms with Gasteiger partial charge in [-0.2, -0.15) is 0 Å². The highest BCUT2D eigenvalue weighted by Gasteiger charge is 2.28. The van der Waals surface area contributed by atoms with Crippen molar-refractivity contribution in [1.82, 2.24) is 5.32 Å². The molecule has 0 unspecified atom stereocenters. The number of aryl methyl sites for hydroxylation is 1. The van der Waals surface area contributed by atoms with E-state index in [-0.39, 0.29) is 34.7 Å². The number of carbonyl (C=O) groups excluding carboxylic acids is 2. The highest BCUT2D eigenvalue weighted by molar-refractivity contribution is 6.30. The van der Waals surface area contributed by atoms with Gasteiger partial charge >= 0.3 is 0 Å². The molecular formula is C42H54N2O4. The number of ketones is 1. The number of nitrogens with one attached hydrogen (secondary N) is 1. The Kier molecular flexibility index (Phi) is 12.1. The number of benzene rings is 3. The average Bonchev–Trinajstić information content (AvgIpc) is 3.08. The highest BCUT2D eigenvalue weighted by Crippen LogP contribution is 2.38. The number of carbonyl (C=O) groups is 2. The van der Waals surface area contributed by atoms with Crippen LogP contribution in [0.15, 0.2) is 72.3 Å². The summed E-state index contributed by atoms with van der Waals surface area (Å²) in [6, 6.07) is 20.2. The fourth-order valence-electron chi connectivity index (χ4n) is 5.88. The van der Waals surface area contributed by atoms with E-state index in [2.05, 4.69) is 71.1 Å². The molecule has 4 rings (SSSR count). The maximum Gasteiger partial charge on any atom is 0.255 e. The van der Waals surface area contributed by atoms with E-state index in [0.29, 0.717) is 25.3 Å². The van der Waals surface area contributed by atoms with Crippen molar-refractivity contribution >= 4 is 29.0 Å². The van der Waals surface area contributed by atoms with Crippen molar-refractivity contribution in [2.75, 3.05) is 38.3 Å². The van der Waals surface area contributed by atoms with Gasteiger partial charge in [-0.25, -0.2) is 0 Å². The number of allylic oxidation sites excluding steroid dienone is 2. The molecule has 0 radical (unpaired) electrons. The van der Waals surface area contributed by atoms with Gasteiger partial charge in [-0.1, -0.05) is 84.0 Å². The molecule has 1 aliphatic rings. The number of aliphatic hydroxyl groups excluding tert-OH is 1. The number of hydrogen-bond donors (Lipinski definition) is 2. The molecule has 3 aromatic carbocycles. The predicted octanol–water partition coefficient (Wildman–Crippen LogP) is 8.44. The van der Waals surface area contributed by atoms with Crippen LogP contribution in [0.1, 0.15) is 105 Å². The molecule has 0 heterocycles. The highest BCUT2D eigenvalue weighted by atomic mass is 16.5. The molecule has 2 N–H and O–H groups in total. The third-order valence-electron chi connectivity index (χ3n) is 10.1. The van der Waals surface area contributed by atoms with Gasteiger partial charge in [-0.3, -0.25) is 9.59 Å². The van der Waals surface area contributed by atoms with Crippen LogP contribution in [0.2, 0.25) is 0 Å². The lowest BCUT2D eigenvalue weighted by molar-refractivity contribution is -0.117. The maximum atomic E-state index is 13.4. The average molecular weight is 651 g/mol. The van der Waals surface area contributed by atoms with Crippen LogP contribution >= 0.6 is 0 Å². The van der Waals surface area contributed by atoms with Gasteiger partial charge in [-0.15, -0.1) is 0 Å². The van der Waals surface area contributed by atoms with Gasteiger partial charge in [0.15, 0.2) is 5.78 Å². The molecule has 6 nitrogen and oxygen atoms in total. The lowest BCUT2D eigenvalue weighted by atomic mass is 9.76. The summed E-state index contributed by atoms with van der Waals surface area (Å²) >= 11 is 0. The van der Waals surface area contributed by atoms with Crippen LogP contribution < -0.4 is 15.0 Å². The summed E-state index contributed by atoms with van der Waals surface area (Å²) in [6.45, 7) is 17.2. The van der Waals surface area contributed by atoms with Crippen LogP contribution in [0.5, 0.6) is 5.75 Å². The van der Waals surface area contributed by atoms with Crippen LogP contribution in [0.3, 0.4) is 0 Å². The summed E-state index contributed by atoms with van der Waals surface area (Å²) in [7, 11) is 1.95. The summed E-state index contributed by atoms with van der Waals surface area (Å²) in [4.78, 5) is 28.8. The molecule has 3 aromatic rings. The number of unbranched alkanes of at least 4 members (excludes halogenated alkanes) is 1. The molecule has 0 aliphatic heterocycles. The molecule has 0 bridgehead atoms. The molecule has 0 saturated carbocycles. The minimum absolute atomic E-state index is 0.00548. The molecule has 48 heavy (non-hydrogen) atoms. The summed E-state index contributed by atoms with van der Waals surface area (Å²) < 4.78 is 6.32. The Bertz CT molecular complexity index is 1680. The number of likely N-dealkylation sites (N-methyl/N-ethyl adjacent to an activating group) is 1. The zero-order valence-corrected chi connectivity index (χ0v) is 30.2. The fourth-order valence-corrected chi connectivity index (χ4v) is 5.88. The quantitative estimate of drug-likeness (QED) is 0.128. The second-order valence-electron chi connectivity index (χ2n) is 14.2. The molecule has 1 amide bonds. The molecule has 6 heteroatoms. The summed E-state index contributed by atoms with van der Waals surface area (Å²) in [5.41, 5.74) is 8.06. The Morgan fingerprint density at radius 1 is 0.938 bits per heavy atom. The molecule has 0 atom stereocenters. The van der Waals surface area contributed by atoms with Gasteiger partial charge in [0.2, 0.25) is 0 Å². The van der Waals surface area contributed by atoms with Crippen molar-refractivity contribution in [2.45, 2.75) is 85.0 Å². The van der Waals surface area contributed by atoms with E-state index in [4.69, 9.17) is 4.74 Å². The number of ether oxygens (including phenoxy) is 1. The monoisotopic (exact) mass is 650 g/mol. The van der Waals surface area contributed by atoms with Gasteiger partial charge in [0.1, 0.15) is 5.75 Å². The van der Waals surface area contributed by atoms with Crippen LogP contribution in [-0.4, -0.2) is 50.1 Å². The second kappa shape index (κ2) is 15.8. The summed E-state index contributed by atoms with van der Waals surface area (Å²) in [5, 5.41) is 12.3. The Hall–Kier alpha value is -4.16. The van der Waals surface area contributed by atoms with Gasteiger partial charge in [0, 0.05) is 37.0 Å². The van der Waals surface area contributed by atoms with Crippen molar-refractivity contribution in [2.24, 2.45) is 0 Å². The zero-order valence-electron chi connectivity index (χ0n) is 30.2. The number of fused-ring (bicyclic) bond motifs is 1. The SMILES string of the molecule is CCC(C)(C)c1ccc(OCCCCNC(=O)C2=CC(=Cc3ccc(N(C)CCO)cc3C)c3ccccc3C2=O)c(C(C)(C)CC)c1. The standard InChI is InChI=1S/C42H54N2O4/c1-9-41(4,5)32-18-20-38(37(28-32)42(6,7)10-2)48-24-14-13-21-43-40(47)36-27-31(34-15-11-12-16-35(34)39(36)46)26-30-17-19-33(25-29(30)3)44(8)22-23-45/h11-12,15-20,25-28,45H,9-10,13-14,21-24H2,1-8H3,(H,43,47). The van der Waals surface area contributed by atoms with Crippen LogP contribution in [-0.2, 0) is 15.6 Å². The fraction of sp³-hybridized carbons (Fsp3) is 0.429. The van der Waals surface area contributed by atoms with Gasteiger partial charge in [0.05, 0.1) is 18.8 Å². The van der Waals surface area contributed by atoms with Crippen LogP contribution in [0.25, 0.3) is 11.6 Å². The van der Waals surface area contributed by atoms with Gasteiger partial charge < -0.3 is 20.1 Å².